The van der Waals surface area contributed by atoms with Crippen LogP contribution in [0.4, 0.5) is 0 Å². The summed E-state index contributed by atoms with van der Waals surface area (Å²) < 4.78 is 0. The lowest BCUT2D eigenvalue weighted by Crippen LogP contribution is -2.43. The van der Waals surface area contributed by atoms with E-state index in [0.717, 1.165) is 17.5 Å². The third kappa shape index (κ3) is 2.60. The van der Waals surface area contributed by atoms with Crippen LogP contribution >= 0.6 is 0 Å². The first kappa shape index (κ1) is 15.5. The summed E-state index contributed by atoms with van der Waals surface area (Å²) in [5.41, 5.74) is 3.18. The van der Waals surface area contributed by atoms with Crippen molar-refractivity contribution in [3.8, 4) is 0 Å². The summed E-state index contributed by atoms with van der Waals surface area (Å²) in [5, 5.41) is 9.14. The van der Waals surface area contributed by atoms with Gasteiger partial charge in [-0.1, -0.05) is 18.2 Å². The topological polar surface area (TPSA) is 77.9 Å². The Labute approximate surface area is 144 Å². The Hall–Kier alpha value is -2.99. The average Bonchev–Trinajstić information content (AvgIpc) is 2.86. The van der Waals surface area contributed by atoms with E-state index < -0.39 is 5.97 Å². The predicted molar refractivity (Wildman–Crippen MR) is 89.3 cm³/mol. The molecule has 126 valence electrons. The molecule has 2 amide bonds. The van der Waals surface area contributed by atoms with Crippen LogP contribution in [0.5, 0.6) is 0 Å². The molecule has 0 atom stereocenters. The number of amides is 2. The maximum atomic E-state index is 12.5. The highest BCUT2D eigenvalue weighted by atomic mass is 16.4. The van der Waals surface area contributed by atoms with Gasteiger partial charge < -0.3 is 5.11 Å². The van der Waals surface area contributed by atoms with Crippen LogP contribution in [-0.4, -0.2) is 45.9 Å². The van der Waals surface area contributed by atoms with Crippen molar-refractivity contribution in [2.24, 2.45) is 0 Å². The molecule has 6 nitrogen and oxygen atoms in total. The maximum absolute atomic E-state index is 12.5. The lowest BCUT2D eigenvalue weighted by molar-refractivity contribution is 0.0525. The molecule has 0 radical (unpaired) electrons. The van der Waals surface area contributed by atoms with Gasteiger partial charge in [-0.2, -0.15) is 0 Å². The molecular formula is C19H16N2O4. The summed E-state index contributed by atoms with van der Waals surface area (Å²) in [6.07, 6.45) is 0.762. The Kier molecular flexibility index (Phi) is 3.62. The van der Waals surface area contributed by atoms with Crippen molar-refractivity contribution in [3.05, 3.63) is 70.3 Å². The van der Waals surface area contributed by atoms with E-state index >= 15 is 0 Å². The molecule has 1 N–H and O–H groups in total. The fraction of sp³-hybridized carbons (Fsp3) is 0.211. The number of fused-ring (bicyclic) bond motifs is 2. The van der Waals surface area contributed by atoms with Gasteiger partial charge >= 0.3 is 5.97 Å². The number of nitrogens with zero attached hydrogens (tertiary/aromatic N) is 2. The second-order valence-electron chi connectivity index (χ2n) is 6.32. The lowest BCUT2D eigenvalue weighted by atomic mass is 9.97. The fourth-order valence-corrected chi connectivity index (χ4v) is 3.44. The van der Waals surface area contributed by atoms with E-state index in [1.807, 2.05) is 11.0 Å². The predicted octanol–water partition coefficient (Wildman–Crippen LogP) is 2.00. The molecule has 2 aliphatic rings. The van der Waals surface area contributed by atoms with Crippen molar-refractivity contribution in [1.82, 2.24) is 9.80 Å². The maximum Gasteiger partial charge on any atom is 0.335 e. The van der Waals surface area contributed by atoms with E-state index in [0.29, 0.717) is 24.2 Å². The number of hydrogen-bond acceptors (Lipinski definition) is 4. The number of hydrogen-bond donors (Lipinski definition) is 1. The Bertz CT molecular complexity index is 871. The van der Waals surface area contributed by atoms with Crippen LogP contribution in [0.3, 0.4) is 0 Å². The van der Waals surface area contributed by atoms with Crippen LogP contribution in [-0.2, 0) is 13.0 Å². The van der Waals surface area contributed by atoms with Crippen LogP contribution in [0.1, 0.15) is 42.2 Å². The molecule has 6 heteroatoms. The zero-order valence-corrected chi connectivity index (χ0v) is 13.4. The Balaban J connectivity index is 1.54. The van der Waals surface area contributed by atoms with Crippen LogP contribution in [0.15, 0.2) is 42.5 Å². The van der Waals surface area contributed by atoms with Crippen LogP contribution in [0.25, 0.3) is 0 Å². The first-order valence-electron chi connectivity index (χ1n) is 8.07. The number of carbonyl (C=O) groups is 3. The number of imide groups is 1. The molecule has 0 bridgehead atoms. The van der Waals surface area contributed by atoms with E-state index in [2.05, 4.69) is 0 Å². The van der Waals surface area contributed by atoms with Crippen molar-refractivity contribution in [1.29, 1.82) is 0 Å². The monoisotopic (exact) mass is 336 g/mol. The molecule has 4 rings (SSSR count). The Morgan fingerprint density at radius 2 is 1.68 bits per heavy atom. The van der Waals surface area contributed by atoms with Crippen LogP contribution in [0.2, 0.25) is 0 Å². The van der Waals surface area contributed by atoms with Gasteiger partial charge in [0.25, 0.3) is 11.8 Å². The molecule has 0 unspecified atom stereocenters. The molecule has 0 fully saturated rings. The summed E-state index contributed by atoms with van der Waals surface area (Å²) in [4.78, 5) is 39.3. The van der Waals surface area contributed by atoms with E-state index in [1.54, 1.807) is 36.4 Å². The number of carboxylic acids is 1. The van der Waals surface area contributed by atoms with Gasteiger partial charge in [0.05, 0.1) is 23.4 Å². The number of benzene rings is 2. The van der Waals surface area contributed by atoms with Crippen molar-refractivity contribution in [2.75, 3.05) is 13.2 Å². The molecule has 2 aromatic rings. The quantitative estimate of drug-likeness (QED) is 0.868. The van der Waals surface area contributed by atoms with Crippen molar-refractivity contribution >= 4 is 17.8 Å². The third-order valence-corrected chi connectivity index (χ3v) is 4.76. The highest BCUT2D eigenvalue weighted by Crippen LogP contribution is 2.25. The largest absolute Gasteiger partial charge is 0.478 e. The molecular weight excluding hydrogens is 320 g/mol. The molecule has 0 spiro atoms. The van der Waals surface area contributed by atoms with E-state index in [4.69, 9.17) is 5.11 Å². The molecule has 2 heterocycles. The first-order chi connectivity index (χ1) is 12.0. The van der Waals surface area contributed by atoms with Crippen molar-refractivity contribution in [2.45, 2.75) is 13.0 Å². The van der Waals surface area contributed by atoms with Crippen molar-refractivity contribution < 1.29 is 19.5 Å². The average molecular weight is 336 g/mol. The third-order valence-electron chi connectivity index (χ3n) is 4.76. The normalized spacial score (nSPS) is 16.7. The summed E-state index contributed by atoms with van der Waals surface area (Å²) in [6.45, 7) is 1.44. The summed E-state index contributed by atoms with van der Waals surface area (Å²) in [6, 6.07) is 12.0. The smallest absolute Gasteiger partial charge is 0.335 e. The highest BCUT2D eigenvalue weighted by Gasteiger charge is 2.36. The minimum Gasteiger partial charge on any atom is -0.478 e. The Morgan fingerprint density at radius 1 is 1.00 bits per heavy atom. The number of carbonyl (C=O) groups excluding carboxylic acids is 2. The number of aromatic carboxylic acids is 1. The fourth-order valence-electron chi connectivity index (χ4n) is 3.44. The molecule has 2 aromatic carbocycles. The number of rotatable bonds is 3. The minimum absolute atomic E-state index is 0.211. The van der Waals surface area contributed by atoms with Gasteiger partial charge in [0.2, 0.25) is 0 Å². The standard InChI is InChI=1S/C19H16N2O4/c22-17-15-3-1-2-4-16(15)18(23)21(17)11-20-8-7-12-5-6-13(19(24)25)9-14(12)10-20/h1-6,9H,7-8,10-11H2,(H,24,25). The van der Waals surface area contributed by atoms with E-state index in [9.17, 15) is 14.4 Å². The first-order valence-corrected chi connectivity index (χ1v) is 8.07. The van der Waals surface area contributed by atoms with Gasteiger partial charge in [-0.15, -0.1) is 0 Å². The van der Waals surface area contributed by atoms with Crippen LogP contribution in [0, 0.1) is 0 Å². The van der Waals surface area contributed by atoms with Crippen LogP contribution < -0.4 is 0 Å². The van der Waals surface area contributed by atoms with Gasteiger partial charge in [0, 0.05) is 13.1 Å². The summed E-state index contributed by atoms with van der Waals surface area (Å²) in [5.74, 6) is -1.50. The van der Waals surface area contributed by atoms with Gasteiger partial charge in [-0.3, -0.25) is 19.4 Å². The SMILES string of the molecule is O=C(O)c1ccc2c(c1)CN(CN1C(=O)c3ccccc3C1=O)CC2. The lowest BCUT2D eigenvalue weighted by Gasteiger charge is -2.31. The van der Waals surface area contributed by atoms with Gasteiger partial charge in [-0.25, -0.2) is 4.79 Å². The molecule has 2 aliphatic heterocycles. The Morgan fingerprint density at radius 3 is 2.32 bits per heavy atom. The zero-order valence-electron chi connectivity index (χ0n) is 13.4. The van der Waals surface area contributed by atoms with Gasteiger partial charge in [-0.05, 0) is 41.8 Å². The number of carboxylic acid groups (broad SMARTS) is 1. The molecule has 0 aromatic heterocycles. The minimum atomic E-state index is -0.958. The summed E-state index contributed by atoms with van der Waals surface area (Å²) in [7, 11) is 0. The zero-order chi connectivity index (χ0) is 17.6. The molecule has 0 aliphatic carbocycles. The molecule has 0 saturated heterocycles. The van der Waals surface area contributed by atoms with Gasteiger partial charge in [0.1, 0.15) is 0 Å². The molecule has 25 heavy (non-hydrogen) atoms. The second-order valence-corrected chi connectivity index (χ2v) is 6.32. The summed E-state index contributed by atoms with van der Waals surface area (Å²) >= 11 is 0. The second kappa shape index (κ2) is 5.82. The van der Waals surface area contributed by atoms with Crippen molar-refractivity contribution in [3.63, 3.8) is 0 Å². The molecule has 0 saturated carbocycles. The van der Waals surface area contributed by atoms with Gasteiger partial charge in [0.15, 0.2) is 0 Å². The van der Waals surface area contributed by atoms with E-state index in [1.165, 1.54) is 4.90 Å². The van der Waals surface area contributed by atoms with E-state index in [-0.39, 0.29) is 24.0 Å². The highest BCUT2D eigenvalue weighted by molar-refractivity contribution is 6.21.